The van der Waals surface area contributed by atoms with Gasteiger partial charge in [0, 0.05) is 22.5 Å². The van der Waals surface area contributed by atoms with E-state index in [0.29, 0.717) is 0 Å². The summed E-state index contributed by atoms with van der Waals surface area (Å²) in [7, 11) is 0. The maximum absolute atomic E-state index is 2.42. The third kappa shape index (κ3) is 4.85. The molecular formula is C51H37N. The molecule has 0 radical (unpaired) electrons. The lowest BCUT2D eigenvalue weighted by molar-refractivity contribution is 0.660. The molecule has 0 heterocycles. The van der Waals surface area contributed by atoms with Gasteiger partial charge in [-0.2, -0.15) is 0 Å². The van der Waals surface area contributed by atoms with Gasteiger partial charge in [0.2, 0.25) is 0 Å². The van der Waals surface area contributed by atoms with Crippen LogP contribution in [-0.4, -0.2) is 0 Å². The fourth-order valence-corrected chi connectivity index (χ4v) is 8.55. The highest BCUT2D eigenvalue weighted by Gasteiger charge is 2.35. The van der Waals surface area contributed by atoms with Gasteiger partial charge in [-0.05, 0) is 119 Å². The highest BCUT2D eigenvalue weighted by atomic mass is 15.1. The Hall–Kier alpha value is -6.44. The second-order valence-electron chi connectivity index (χ2n) is 14.6. The van der Waals surface area contributed by atoms with E-state index in [4.69, 9.17) is 0 Å². The molecule has 0 saturated heterocycles. The Balaban J connectivity index is 1.11. The van der Waals surface area contributed by atoms with Crippen molar-refractivity contribution < 1.29 is 0 Å². The predicted molar refractivity (Wildman–Crippen MR) is 222 cm³/mol. The average molecular weight is 664 g/mol. The zero-order chi connectivity index (χ0) is 34.8. The molecule has 1 aliphatic carbocycles. The number of anilines is 3. The highest BCUT2D eigenvalue weighted by molar-refractivity contribution is 6.09. The maximum atomic E-state index is 2.42. The minimum atomic E-state index is -0.0905. The van der Waals surface area contributed by atoms with Crippen molar-refractivity contribution in [2.24, 2.45) is 0 Å². The quantitative estimate of drug-likeness (QED) is 0.166. The first-order valence-electron chi connectivity index (χ1n) is 18.2. The van der Waals surface area contributed by atoms with E-state index in [1.54, 1.807) is 0 Å². The smallest absolute Gasteiger partial charge is 0.0468 e. The molecule has 52 heavy (non-hydrogen) atoms. The van der Waals surface area contributed by atoms with Crippen molar-refractivity contribution in [2.45, 2.75) is 19.3 Å². The van der Waals surface area contributed by atoms with Crippen molar-refractivity contribution in [3.63, 3.8) is 0 Å². The number of nitrogens with zero attached hydrogens (tertiary/aromatic N) is 1. The molecule has 0 unspecified atom stereocenters. The molecule has 0 saturated carbocycles. The first kappa shape index (κ1) is 30.4. The summed E-state index contributed by atoms with van der Waals surface area (Å²) in [6.07, 6.45) is 0. The SMILES string of the molecule is CC1(C)c2ccccc2-c2ccc(N(c3ccc(-c4cccc5ccccc45)cc3)c3ccc4c(ccc5cc(-c6ccccc6)ccc54)c3)cc21. The van der Waals surface area contributed by atoms with E-state index in [0.717, 1.165) is 17.1 Å². The van der Waals surface area contributed by atoms with Crippen LogP contribution in [0, 0.1) is 0 Å². The molecular weight excluding hydrogens is 627 g/mol. The molecule has 1 aliphatic rings. The summed E-state index contributed by atoms with van der Waals surface area (Å²) in [6.45, 7) is 4.71. The van der Waals surface area contributed by atoms with E-state index in [-0.39, 0.29) is 5.41 Å². The Bertz CT molecular complexity index is 2800. The summed E-state index contributed by atoms with van der Waals surface area (Å²) < 4.78 is 0. The Morgan fingerprint density at radius 3 is 1.77 bits per heavy atom. The molecule has 246 valence electrons. The normalized spacial score (nSPS) is 13.0. The average Bonchev–Trinajstić information content (AvgIpc) is 3.43. The lowest BCUT2D eigenvalue weighted by Crippen LogP contribution is -2.16. The summed E-state index contributed by atoms with van der Waals surface area (Å²) in [6, 6.07) is 69.2. The van der Waals surface area contributed by atoms with Crippen LogP contribution in [0.3, 0.4) is 0 Å². The maximum Gasteiger partial charge on any atom is 0.0468 e. The van der Waals surface area contributed by atoms with Gasteiger partial charge >= 0.3 is 0 Å². The lowest BCUT2D eigenvalue weighted by Gasteiger charge is -2.28. The fraction of sp³-hybridized carbons (Fsp3) is 0.0588. The fourth-order valence-electron chi connectivity index (χ4n) is 8.55. The zero-order valence-electron chi connectivity index (χ0n) is 29.3. The largest absolute Gasteiger partial charge is 0.310 e. The van der Waals surface area contributed by atoms with Gasteiger partial charge < -0.3 is 4.90 Å². The van der Waals surface area contributed by atoms with E-state index < -0.39 is 0 Å². The summed E-state index contributed by atoms with van der Waals surface area (Å²) in [4.78, 5) is 2.42. The molecule has 1 nitrogen and oxygen atoms in total. The number of hydrogen-bond acceptors (Lipinski definition) is 1. The number of hydrogen-bond donors (Lipinski definition) is 0. The van der Waals surface area contributed by atoms with Crippen molar-refractivity contribution in [1.82, 2.24) is 0 Å². The van der Waals surface area contributed by atoms with Gasteiger partial charge in [0.1, 0.15) is 0 Å². The molecule has 0 N–H and O–H groups in total. The Morgan fingerprint density at radius 2 is 0.923 bits per heavy atom. The van der Waals surface area contributed by atoms with Crippen LogP contribution in [0.5, 0.6) is 0 Å². The van der Waals surface area contributed by atoms with Crippen LogP contribution < -0.4 is 4.90 Å². The van der Waals surface area contributed by atoms with Crippen molar-refractivity contribution in [2.75, 3.05) is 4.90 Å². The molecule has 0 aliphatic heterocycles. The summed E-state index contributed by atoms with van der Waals surface area (Å²) in [5.74, 6) is 0. The van der Waals surface area contributed by atoms with Crippen molar-refractivity contribution >= 4 is 49.4 Å². The van der Waals surface area contributed by atoms with Gasteiger partial charge in [-0.1, -0.05) is 159 Å². The van der Waals surface area contributed by atoms with Crippen LogP contribution in [0.1, 0.15) is 25.0 Å². The first-order chi connectivity index (χ1) is 25.5. The number of rotatable bonds is 5. The molecule has 0 amide bonds. The molecule has 10 rings (SSSR count). The summed E-state index contributed by atoms with van der Waals surface area (Å²) in [5, 5.41) is 7.54. The third-order valence-corrected chi connectivity index (χ3v) is 11.2. The Morgan fingerprint density at radius 1 is 0.327 bits per heavy atom. The van der Waals surface area contributed by atoms with Crippen LogP contribution in [0.25, 0.3) is 65.7 Å². The van der Waals surface area contributed by atoms with Gasteiger partial charge in [-0.25, -0.2) is 0 Å². The van der Waals surface area contributed by atoms with E-state index in [9.17, 15) is 0 Å². The summed E-state index contributed by atoms with van der Waals surface area (Å²) in [5.41, 5.74) is 13.7. The summed E-state index contributed by atoms with van der Waals surface area (Å²) >= 11 is 0. The van der Waals surface area contributed by atoms with Crippen molar-refractivity contribution in [1.29, 1.82) is 0 Å². The first-order valence-corrected chi connectivity index (χ1v) is 18.2. The predicted octanol–water partition coefficient (Wildman–Crippen LogP) is 14.3. The molecule has 0 aromatic heterocycles. The highest BCUT2D eigenvalue weighted by Crippen LogP contribution is 2.51. The van der Waals surface area contributed by atoms with Crippen LogP contribution >= 0.6 is 0 Å². The van der Waals surface area contributed by atoms with Gasteiger partial charge in [-0.15, -0.1) is 0 Å². The van der Waals surface area contributed by atoms with Gasteiger partial charge in [-0.3, -0.25) is 0 Å². The molecule has 0 spiro atoms. The van der Waals surface area contributed by atoms with Crippen molar-refractivity contribution in [3.05, 3.63) is 199 Å². The minimum absolute atomic E-state index is 0.0905. The van der Waals surface area contributed by atoms with E-state index >= 15 is 0 Å². The third-order valence-electron chi connectivity index (χ3n) is 11.2. The lowest BCUT2D eigenvalue weighted by atomic mass is 9.82. The van der Waals surface area contributed by atoms with Crippen LogP contribution in [0.15, 0.2) is 188 Å². The monoisotopic (exact) mass is 663 g/mol. The van der Waals surface area contributed by atoms with E-state index in [2.05, 4.69) is 207 Å². The molecule has 0 fully saturated rings. The van der Waals surface area contributed by atoms with Gasteiger partial charge in [0.05, 0.1) is 0 Å². The zero-order valence-corrected chi connectivity index (χ0v) is 29.3. The Kier molecular flexibility index (Phi) is 6.91. The Labute approximate surface area is 305 Å². The van der Waals surface area contributed by atoms with E-state index in [1.165, 1.54) is 76.8 Å². The van der Waals surface area contributed by atoms with Gasteiger partial charge in [0.25, 0.3) is 0 Å². The number of fused-ring (bicyclic) bond motifs is 7. The second kappa shape index (κ2) is 11.8. The second-order valence-corrected chi connectivity index (χ2v) is 14.6. The minimum Gasteiger partial charge on any atom is -0.310 e. The van der Waals surface area contributed by atoms with Crippen LogP contribution in [-0.2, 0) is 5.41 Å². The molecule has 0 atom stereocenters. The molecule has 0 bridgehead atoms. The molecule has 9 aromatic rings. The molecule has 9 aromatic carbocycles. The van der Waals surface area contributed by atoms with Crippen molar-refractivity contribution in [3.8, 4) is 33.4 Å². The van der Waals surface area contributed by atoms with Crippen LogP contribution in [0.2, 0.25) is 0 Å². The van der Waals surface area contributed by atoms with Crippen LogP contribution in [0.4, 0.5) is 17.1 Å². The van der Waals surface area contributed by atoms with Gasteiger partial charge in [0.15, 0.2) is 0 Å². The molecule has 1 heteroatoms. The number of benzene rings is 9. The topological polar surface area (TPSA) is 3.24 Å². The van der Waals surface area contributed by atoms with E-state index in [1.807, 2.05) is 0 Å². The standard InChI is InChI=1S/C51H37N/c1-51(2)49-18-9-8-16-47(49)48-30-27-42(33-50(48)51)52(40-24-21-36(22-25-40)44-17-10-14-35-13-6-7-15-43(35)44)41-26-29-46-39(32-41)20-19-38-31-37(23-28-45(38)46)34-11-4-3-5-12-34/h3-33H,1-2H3.